The average molecular weight is 251 g/mol. The standard InChI is InChI=1S/C12H13NO3S/c1-3-16-8-11-12(14)13(2)9-6-4-5-7-10(9)17(11)15/h4-8H,3H2,1-2H3/b11-8+. The highest BCUT2D eigenvalue weighted by Gasteiger charge is 2.31. The maximum Gasteiger partial charge on any atom is 0.270 e. The number of hydrogen-bond donors (Lipinski definition) is 0. The van der Waals surface area contributed by atoms with Gasteiger partial charge in [-0.2, -0.15) is 0 Å². The lowest BCUT2D eigenvalue weighted by atomic mass is 10.3. The summed E-state index contributed by atoms with van der Waals surface area (Å²) in [5, 5.41) is 0. The Labute approximate surface area is 102 Å². The molecule has 4 nitrogen and oxygen atoms in total. The van der Waals surface area contributed by atoms with Crippen molar-refractivity contribution >= 4 is 22.4 Å². The van der Waals surface area contributed by atoms with Crippen LogP contribution in [0.2, 0.25) is 0 Å². The Bertz CT molecular complexity index is 510. The number of carbonyl (C=O) groups excluding carboxylic acids is 1. The van der Waals surface area contributed by atoms with Crippen LogP contribution < -0.4 is 4.90 Å². The van der Waals surface area contributed by atoms with Gasteiger partial charge in [0.25, 0.3) is 5.91 Å². The zero-order valence-corrected chi connectivity index (χ0v) is 10.5. The number of ether oxygens (including phenoxy) is 1. The quantitative estimate of drug-likeness (QED) is 0.593. The summed E-state index contributed by atoms with van der Waals surface area (Å²) in [6.45, 7) is 2.25. The minimum Gasteiger partial charge on any atom is -0.500 e. The van der Waals surface area contributed by atoms with Crippen molar-refractivity contribution in [3.05, 3.63) is 35.4 Å². The first-order valence-electron chi connectivity index (χ1n) is 5.27. The molecule has 0 spiro atoms. The average Bonchev–Trinajstić information content (AvgIpc) is 2.36. The van der Waals surface area contributed by atoms with Crippen LogP contribution in [0.1, 0.15) is 6.92 Å². The minimum absolute atomic E-state index is 0.188. The Morgan fingerprint density at radius 1 is 1.41 bits per heavy atom. The molecule has 17 heavy (non-hydrogen) atoms. The Morgan fingerprint density at radius 3 is 2.82 bits per heavy atom. The maximum absolute atomic E-state index is 12.2. The fourth-order valence-electron chi connectivity index (χ4n) is 1.62. The highest BCUT2D eigenvalue weighted by Crippen LogP contribution is 2.32. The predicted octanol–water partition coefficient (Wildman–Crippen LogP) is 1.65. The third-order valence-corrected chi connectivity index (χ3v) is 3.91. The van der Waals surface area contributed by atoms with E-state index in [1.807, 2.05) is 13.0 Å². The number of para-hydroxylation sites is 1. The molecule has 0 aromatic heterocycles. The van der Waals surface area contributed by atoms with E-state index in [1.54, 1.807) is 25.2 Å². The SMILES string of the molecule is CCO/C=C1\C(=O)N(C)c2ccccc2S1=O. The first-order valence-corrected chi connectivity index (χ1v) is 6.42. The monoisotopic (exact) mass is 251 g/mol. The number of amides is 1. The molecule has 1 aromatic carbocycles. The Hall–Kier alpha value is -1.62. The molecule has 90 valence electrons. The molecular weight excluding hydrogens is 238 g/mol. The van der Waals surface area contributed by atoms with Gasteiger partial charge in [-0.15, -0.1) is 0 Å². The number of carbonyl (C=O) groups is 1. The van der Waals surface area contributed by atoms with E-state index in [-0.39, 0.29) is 10.8 Å². The molecule has 0 fully saturated rings. The third-order valence-electron chi connectivity index (χ3n) is 2.50. The Kier molecular flexibility index (Phi) is 3.28. The number of likely N-dealkylation sites (N-methyl/N-ethyl adjacent to an activating group) is 1. The molecule has 1 amide bonds. The molecule has 1 atom stereocenters. The van der Waals surface area contributed by atoms with E-state index in [9.17, 15) is 9.00 Å². The summed E-state index contributed by atoms with van der Waals surface area (Å²) in [6, 6.07) is 7.16. The van der Waals surface area contributed by atoms with Crippen molar-refractivity contribution in [2.75, 3.05) is 18.6 Å². The second-order valence-corrected chi connectivity index (χ2v) is 4.96. The zero-order chi connectivity index (χ0) is 12.4. The summed E-state index contributed by atoms with van der Waals surface area (Å²) in [7, 11) is 0.204. The van der Waals surface area contributed by atoms with Gasteiger partial charge in [0.1, 0.15) is 11.2 Å². The van der Waals surface area contributed by atoms with Gasteiger partial charge in [0.05, 0.1) is 28.0 Å². The van der Waals surface area contributed by atoms with E-state index in [0.717, 1.165) is 0 Å². The van der Waals surface area contributed by atoms with Crippen molar-refractivity contribution in [2.24, 2.45) is 0 Å². The number of fused-ring (bicyclic) bond motifs is 1. The van der Waals surface area contributed by atoms with E-state index >= 15 is 0 Å². The molecule has 1 heterocycles. The zero-order valence-electron chi connectivity index (χ0n) is 9.67. The van der Waals surface area contributed by atoms with Crippen LogP contribution in [0.3, 0.4) is 0 Å². The second-order valence-electron chi connectivity index (χ2n) is 3.54. The van der Waals surface area contributed by atoms with Crippen molar-refractivity contribution in [3.63, 3.8) is 0 Å². The summed E-state index contributed by atoms with van der Waals surface area (Å²) in [5.74, 6) is -0.282. The van der Waals surface area contributed by atoms with E-state index in [0.29, 0.717) is 17.2 Å². The van der Waals surface area contributed by atoms with Gasteiger partial charge in [0.15, 0.2) is 0 Å². The number of nitrogens with zero attached hydrogens (tertiary/aromatic N) is 1. The van der Waals surface area contributed by atoms with Crippen molar-refractivity contribution in [2.45, 2.75) is 11.8 Å². The van der Waals surface area contributed by atoms with Crippen LogP contribution in [0.25, 0.3) is 0 Å². The molecule has 0 radical (unpaired) electrons. The van der Waals surface area contributed by atoms with E-state index < -0.39 is 10.8 Å². The second kappa shape index (κ2) is 4.71. The molecule has 1 unspecified atom stereocenters. The fraction of sp³-hybridized carbons (Fsp3) is 0.250. The van der Waals surface area contributed by atoms with Gasteiger partial charge in [0, 0.05) is 7.05 Å². The van der Waals surface area contributed by atoms with Gasteiger partial charge in [-0.3, -0.25) is 4.79 Å². The lowest BCUT2D eigenvalue weighted by molar-refractivity contribution is -0.114. The number of rotatable bonds is 2. The summed E-state index contributed by atoms with van der Waals surface area (Å²) in [5.41, 5.74) is 0.685. The van der Waals surface area contributed by atoms with Gasteiger partial charge >= 0.3 is 0 Å². The van der Waals surface area contributed by atoms with Crippen molar-refractivity contribution in [3.8, 4) is 0 Å². The molecule has 0 saturated carbocycles. The minimum atomic E-state index is -1.46. The smallest absolute Gasteiger partial charge is 0.270 e. The topological polar surface area (TPSA) is 46.6 Å². The summed E-state index contributed by atoms with van der Waals surface area (Å²) >= 11 is 0. The van der Waals surface area contributed by atoms with Crippen molar-refractivity contribution in [1.82, 2.24) is 0 Å². The van der Waals surface area contributed by atoms with Crippen LogP contribution in [0.4, 0.5) is 5.69 Å². The summed E-state index contributed by atoms with van der Waals surface area (Å²) in [4.78, 5) is 14.3. The fourth-order valence-corrected chi connectivity index (χ4v) is 2.90. The largest absolute Gasteiger partial charge is 0.500 e. The van der Waals surface area contributed by atoms with E-state index in [2.05, 4.69) is 0 Å². The highest BCUT2D eigenvalue weighted by atomic mass is 32.2. The van der Waals surface area contributed by atoms with Gasteiger partial charge in [0.2, 0.25) is 0 Å². The first kappa shape index (κ1) is 11.9. The molecule has 1 aliphatic heterocycles. The van der Waals surface area contributed by atoms with Gasteiger partial charge in [-0.25, -0.2) is 4.21 Å². The van der Waals surface area contributed by atoms with E-state index in [4.69, 9.17) is 4.74 Å². The maximum atomic E-state index is 12.2. The molecule has 1 aromatic rings. The van der Waals surface area contributed by atoms with Crippen LogP contribution in [0, 0.1) is 0 Å². The summed E-state index contributed by atoms with van der Waals surface area (Å²) < 4.78 is 17.3. The Balaban J connectivity index is 2.51. The lowest BCUT2D eigenvalue weighted by Gasteiger charge is -2.26. The van der Waals surface area contributed by atoms with E-state index in [1.165, 1.54) is 11.2 Å². The first-order chi connectivity index (χ1) is 8.16. The highest BCUT2D eigenvalue weighted by molar-refractivity contribution is 7.90. The van der Waals surface area contributed by atoms with Crippen LogP contribution in [0.15, 0.2) is 40.3 Å². The molecular formula is C12H13NO3S. The van der Waals surface area contributed by atoms with Gasteiger partial charge in [-0.1, -0.05) is 12.1 Å². The van der Waals surface area contributed by atoms with Crippen LogP contribution in [0.5, 0.6) is 0 Å². The molecule has 5 heteroatoms. The number of hydrogen-bond acceptors (Lipinski definition) is 3. The van der Waals surface area contributed by atoms with Crippen LogP contribution in [-0.4, -0.2) is 23.8 Å². The molecule has 0 aliphatic carbocycles. The van der Waals surface area contributed by atoms with Crippen LogP contribution >= 0.6 is 0 Å². The van der Waals surface area contributed by atoms with Crippen molar-refractivity contribution < 1.29 is 13.7 Å². The molecule has 2 rings (SSSR count). The van der Waals surface area contributed by atoms with Gasteiger partial charge in [-0.05, 0) is 19.1 Å². The van der Waals surface area contributed by atoms with Crippen LogP contribution in [-0.2, 0) is 20.3 Å². The Morgan fingerprint density at radius 2 is 2.12 bits per heavy atom. The molecule has 1 aliphatic rings. The van der Waals surface area contributed by atoms with Gasteiger partial charge < -0.3 is 9.64 Å². The molecule has 0 saturated heterocycles. The predicted molar refractivity (Wildman–Crippen MR) is 66.0 cm³/mol. The van der Waals surface area contributed by atoms with Crippen molar-refractivity contribution in [1.29, 1.82) is 0 Å². The third kappa shape index (κ3) is 1.98. The lowest BCUT2D eigenvalue weighted by Crippen LogP contribution is -2.34. The normalized spacial score (nSPS) is 21.5. The number of benzene rings is 1. The summed E-state index contributed by atoms with van der Waals surface area (Å²) in [6.07, 6.45) is 1.30. The molecule has 0 bridgehead atoms. The number of anilines is 1. The molecule has 0 N–H and O–H groups in total.